The van der Waals surface area contributed by atoms with E-state index in [0.717, 1.165) is 28.1 Å². The summed E-state index contributed by atoms with van der Waals surface area (Å²) in [5.41, 5.74) is 3.77. The van der Waals surface area contributed by atoms with Crippen LogP contribution in [0.5, 0.6) is 5.75 Å². The first-order valence-corrected chi connectivity index (χ1v) is 10.0. The number of nitrogens with zero attached hydrogens (tertiary/aromatic N) is 2. The van der Waals surface area contributed by atoms with Crippen LogP contribution in [0.15, 0.2) is 70.6 Å². The first-order valence-electron chi connectivity index (χ1n) is 9.15. The minimum Gasteiger partial charge on any atom is -0.491 e. The minimum absolute atomic E-state index is 0.232. The zero-order valence-electron chi connectivity index (χ0n) is 15.6. The summed E-state index contributed by atoms with van der Waals surface area (Å²) in [6.07, 6.45) is -0.576. The standard InChI is InChI=1S/C22H22N2O3S/c1-24(13-16-6-3-2-4-7-16)14-18(25)15-26-19-9-5-8-17(12-19)21-22-20(27-23-21)10-11-28-22/h2-12,18,25H,13-15H2,1H3/t18-/m1/s1. The molecule has 0 aliphatic rings. The molecule has 2 heterocycles. The number of thiophene rings is 1. The second kappa shape index (κ2) is 8.56. The van der Waals surface area contributed by atoms with Crippen LogP contribution in [0.1, 0.15) is 5.56 Å². The molecule has 144 valence electrons. The van der Waals surface area contributed by atoms with E-state index in [9.17, 15) is 5.11 Å². The second-order valence-corrected chi connectivity index (χ2v) is 7.74. The summed E-state index contributed by atoms with van der Waals surface area (Å²) in [5, 5.41) is 16.5. The highest BCUT2D eigenvalue weighted by Gasteiger charge is 2.13. The predicted molar refractivity (Wildman–Crippen MR) is 112 cm³/mol. The van der Waals surface area contributed by atoms with E-state index in [0.29, 0.717) is 12.3 Å². The summed E-state index contributed by atoms with van der Waals surface area (Å²) in [4.78, 5) is 2.09. The van der Waals surface area contributed by atoms with E-state index in [2.05, 4.69) is 22.2 Å². The average Bonchev–Trinajstić information content (AvgIpc) is 3.31. The fourth-order valence-electron chi connectivity index (χ4n) is 3.16. The van der Waals surface area contributed by atoms with Gasteiger partial charge in [-0.2, -0.15) is 0 Å². The maximum Gasteiger partial charge on any atom is 0.178 e. The molecule has 1 N–H and O–H groups in total. The number of aliphatic hydroxyl groups excluding tert-OH is 1. The SMILES string of the molecule is CN(Cc1ccccc1)C[C@@H](O)COc1cccc(-c2noc3ccsc23)c1. The van der Waals surface area contributed by atoms with Crippen molar-refractivity contribution in [2.24, 2.45) is 0 Å². The third kappa shape index (κ3) is 4.42. The molecule has 5 nitrogen and oxygen atoms in total. The number of aliphatic hydroxyl groups is 1. The third-order valence-corrected chi connectivity index (χ3v) is 5.35. The molecular formula is C22H22N2O3S. The molecule has 0 spiro atoms. The number of benzene rings is 2. The summed E-state index contributed by atoms with van der Waals surface area (Å²) in [5.74, 6) is 0.704. The summed E-state index contributed by atoms with van der Waals surface area (Å²) in [6, 6.07) is 19.8. The van der Waals surface area contributed by atoms with Gasteiger partial charge in [-0.3, -0.25) is 4.90 Å². The quantitative estimate of drug-likeness (QED) is 0.479. The molecule has 0 bridgehead atoms. The topological polar surface area (TPSA) is 58.7 Å². The van der Waals surface area contributed by atoms with Crippen molar-refractivity contribution in [3.05, 3.63) is 71.6 Å². The Balaban J connectivity index is 1.34. The number of likely N-dealkylation sites (N-methyl/N-ethyl adjacent to an activating group) is 1. The third-order valence-electron chi connectivity index (χ3n) is 4.45. The first-order chi connectivity index (χ1) is 13.7. The van der Waals surface area contributed by atoms with Gasteiger partial charge in [0.2, 0.25) is 0 Å². The van der Waals surface area contributed by atoms with Crippen LogP contribution in [0.25, 0.3) is 21.5 Å². The van der Waals surface area contributed by atoms with E-state index >= 15 is 0 Å². The van der Waals surface area contributed by atoms with Crippen molar-refractivity contribution in [1.82, 2.24) is 10.1 Å². The van der Waals surface area contributed by atoms with Crippen LogP contribution in [0.3, 0.4) is 0 Å². The van der Waals surface area contributed by atoms with Gasteiger partial charge in [-0.25, -0.2) is 0 Å². The molecular weight excluding hydrogens is 372 g/mol. The average molecular weight is 394 g/mol. The lowest BCUT2D eigenvalue weighted by Gasteiger charge is -2.21. The number of rotatable bonds is 8. The highest BCUT2D eigenvalue weighted by atomic mass is 32.1. The molecule has 0 fully saturated rings. The van der Waals surface area contributed by atoms with Crippen molar-refractivity contribution >= 4 is 21.6 Å². The summed E-state index contributed by atoms with van der Waals surface area (Å²) < 4.78 is 12.2. The molecule has 0 unspecified atom stereocenters. The van der Waals surface area contributed by atoms with Crippen LogP contribution in [0, 0.1) is 0 Å². The Labute approximate surface area is 167 Å². The van der Waals surface area contributed by atoms with Gasteiger partial charge in [-0.05, 0) is 36.2 Å². The zero-order valence-corrected chi connectivity index (χ0v) is 16.4. The highest BCUT2D eigenvalue weighted by molar-refractivity contribution is 7.17. The molecule has 0 saturated carbocycles. The summed E-state index contributed by atoms with van der Waals surface area (Å²) in [6.45, 7) is 1.56. The van der Waals surface area contributed by atoms with Gasteiger partial charge >= 0.3 is 0 Å². The smallest absolute Gasteiger partial charge is 0.178 e. The summed E-state index contributed by atoms with van der Waals surface area (Å²) >= 11 is 1.60. The van der Waals surface area contributed by atoms with Crippen LogP contribution < -0.4 is 4.74 Å². The van der Waals surface area contributed by atoms with Gasteiger partial charge in [0.05, 0.1) is 0 Å². The Hall–Kier alpha value is -2.67. The van der Waals surface area contributed by atoms with Crippen molar-refractivity contribution in [2.45, 2.75) is 12.6 Å². The molecule has 6 heteroatoms. The lowest BCUT2D eigenvalue weighted by Crippen LogP contribution is -2.32. The van der Waals surface area contributed by atoms with E-state index in [1.165, 1.54) is 5.56 Å². The van der Waals surface area contributed by atoms with E-state index in [-0.39, 0.29) is 6.61 Å². The Morgan fingerprint density at radius 3 is 2.86 bits per heavy atom. The van der Waals surface area contributed by atoms with E-state index in [4.69, 9.17) is 9.26 Å². The molecule has 28 heavy (non-hydrogen) atoms. The van der Waals surface area contributed by atoms with Crippen molar-refractivity contribution in [3.8, 4) is 17.0 Å². The summed E-state index contributed by atoms with van der Waals surface area (Å²) in [7, 11) is 1.99. The van der Waals surface area contributed by atoms with Gasteiger partial charge in [0.1, 0.15) is 28.9 Å². The fourth-order valence-corrected chi connectivity index (χ4v) is 3.98. The highest BCUT2D eigenvalue weighted by Crippen LogP contribution is 2.33. The number of ether oxygens (including phenoxy) is 1. The maximum absolute atomic E-state index is 10.3. The molecule has 0 saturated heterocycles. The molecule has 0 amide bonds. The maximum atomic E-state index is 10.3. The normalized spacial score (nSPS) is 12.5. The molecule has 4 rings (SSSR count). The number of fused-ring (bicyclic) bond motifs is 1. The Morgan fingerprint density at radius 2 is 2.00 bits per heavy atom. The monoisotopic (exact) mass is 394 g/mol. The number of aromatic nitrogens is 1. The fraction of sp³-hybridized carbons (Fsp3) is 0.227. The molecule has 4 aromatic rings. The van der Waals surface area contributed by atoms with Gasteiger partial charge in [0.25, 0.3) is 0 Å². The van der Waals surface area contributed by atoms with Gasteiger partial charge in [-0.1, -0.05) is 47.6 Å². The van der Waals surface area contributed by atoms with Gasteiger partial charge in [0.15, 0.2) is 5.58 Å². The number of hydrogen-bond donors (Lipinski definition) is 1. The second-order valence-electron chi connectivity index (χ2n) is 6.82. The van der Waals surface area contributed by atoms with E-state index in [1.54, 1.807) is 11.3 Å². The molecule has 0 aliphatic carbocycles. The van der Waals surface area contributed by atoms with Gasteiger partial charge in [-0.15, -0.1) is 11.3 Å². The van der Waals surface area contributed by atoms with Crippen LogP contribution in [-0.4, -0.2) is 41.5 Å². The van der Waals surface area contributed by atoms with E-state index < -0.39 is 6.10 Å². The van der Waals surface area contributed by atoms with E-state index in [1.807, 2.05) is 61.0 Å². The number of hydrogen-bond acceptors (Lipinski definition) is 6. The first kappa shape index (κ1) is 18.7. The van der Waals surface area contributed by atoms with Crippen LogP contribution in [0.2, 0.25) is 0 Å². The van der Waals surface area contributed by atoms with Gasteiger partial charge < -0.3 is 14.4 Å². The Morgan fingerprint density at radius 1 is 1.14 bits per heavy atom. The minimum atomic E-state index is -0.576. The molecule has 2 aromatic heterocycles. The van der Waals surface area contributed by atoms with Crippen LogP contribution in [0.4, 0.5) is 0 Å². The van der Waals surface area contributed by atoms with Gasteiger partial charge in [0, 0.05) is 18.7 Å². The lowest BCUT2D eigenvalue weighted by atomic mass is 10.1. The van der Waals surface area contributed by atoms with Crippen molar-refractivity contribution in [3.63, 3.8) is 0 Å². The zero-order chi connectivity index (χ0) is 19.3. The van der Waals surface area contributed by atoms with Crippen molar-refractivity contribution in [2.75, 3.05) is 20.2 Å². The van der Waals surface area contributed by atoms with Crippen LogP contribution in [-0.2, 0) is 6.54 Å². The molecule has 1 atom stereocenters. The Kier molecular flexibility index (Phi) is 5.71. The van der Waals surface area contributed by atoms with Crippen molar-refractivity contribution in [1.29, 1.82) is 0 Å². The Bertz CT molecular complexity index is 1030. The molecule has 0 radical (unpaired) electrons. The molecule has 2 aromatic carbocycles. The predicted octanol–water partition coefficient (Wildman–Crippen LogP) is 4.43. The van der Waals surface area contributed by atoms with Crippen LogP contribution >= 0.6 is 11.3 Å². The lowest BCUT2D eigenvalue weighted by molar-refractivity contribution is 0.0744. The molecule has 0 aliphatic heterocycles. The van der Waals surface area contributed by atoms with Crippen molar-refractivity contribution < 1.29 is 14.4 Å². The largest absolute Gasteiger partial charge is 0.491 e.